The van der Waals surface area contributed by atoms with Gasteiger partial charge in [-0.1, -0.05) is 55.6 Å². The molecule has 0 saturated carbocycles. The number of rotatable bonds is 5. The van der Waals surface area contributed by atoms with Gasteiger partial charge in [0.1, 0.15) is 10.3 Å². The summed E-state index contributed by atoms with van der Waals surface area (Å²) in [4.78, 5) is 4.00. The van der Waals surface area contributed by atoms with Crippen molar-refractivity contribution in [3.8, 4) is 0 Å². The molecule has 94 valence electrons. The molecular weight excluding hydrogens is 253 g/mol. The lowest BCUT2D eigenvalue weighted by molar-refractivity contribution is 0.441. The number of nitrogens with zero attached hydrogens (tertiary/aromatic N) is 1. The van der Waals surface area contributed by atoms with Crippen molar-refractivity contribution in [1.82, 2.24) is 4.98 Å². The van der Waals surface area contributed by atoms with Crippen LogP contribution >= 0.6 is 23.2 Å². The minimum Gasteiger partial charge on any atom is -0.224 e. The van der Waals surface area contributed by atoms with Gasteiger partial charge in [0.2, 0.25) is 0 Å². The van der Waals surface area contributed by atoms with E-state index in [1.165, 1.54) is 0 Å². The molecule has 0 fully saturated rings. The molecule has 0 radical (unpaired) electrons. The first-order valence-electron chi connectivity index (χ1n) is 5.95. The van der Waals surface area contributed by atoms with Crippen molar-refractivity contribution in [2.75, 3.05) is 0 Å². The van der Waals surface area contributed by atoms with Crippen molar-refractivity contribution in [3.05, 3.63) is 40.2 Å². The third-order valence-electron chi connectivity index (χ3n) is 3.41. The van der Waals surface area contributed by atoms with E-state index in [2.05, 4.69) is 32.3 Å². The molecule has 0 spiro atoms. The highest BCUT2D eigenvalue weighted by Crippen LogP contribution is 2.40. The van der Waals surface area contributed by atoms with Crippen LogP contribution in [-0.4, -0.2) is 4.98 Å². The summed E-state index contributed by atoms with van der Waals surface area (Å²) in [6, 6.07) is 3.81. The van der Waals surface area contributed by atoms with Crippen LogP contribution < -0.4 is 0 Å². The van der Waals surface area contributed by atoms with E-state index in [-0.39, 0.29) is 5.41 Å². The van der Waals surface area contributed by atoms with Crippen LogP contribution in [0.4, 0.5) is 0 Å². The van der Waals surface area contributed by atoms with E-state index in [1.807, 2.05) is 12.1 Å². The van der Waals surface area contributed by atoms with Crippen LogP contribution in [0.15, 0.2) is 24.3 Å². The molecule has 0 aliphatic heterocycles. The van der Waals surface area contributed by atoms with Gasteiger partial charge < -0.3 is 0 Å². The van der Waals surface area contributed by atoms with Gasteiger partial charge in [-0.15, -0.1) is 0 Å². The van der Waals surface area contributed by atoms with Crippen molar-refractivity contribution < 1.29 is 0 Å². The van der Waals surface area contributed by atoms with Crippen LogP contribution in [-0.2, 0) is 5.41 Å². The molecule has 1 nitrogen and oxygen atoms in total. The summed E-state index contributed by atoms with van der Waals surface area (Å²) in [5.41, 5.74) is 2.24. The molecule has 3 heteroatoms. The number of hydrogen-bond acceptors (Lipinski definition) is 1. The van der Waals surface area contributed by atoms with E-state index in [1.54, 1.807) is 0 Å². The predicted octanol–water partition coefficient (Wildman–Crippen LogP) is 5.41. The number of hydrogen-bond donors (Lipinski definition) is 0. The van der Waals surface area contributed by atoms with Crippen LogP contribution in [0, 0.1) is 0 Å². The predicted molar refractivity (Wildman–Crippen MR) is 75.9 cm³/mol. The highest BCUT2D eigenvalue weighted by Gasteiger charge is 2.31. The molecule has 0 bridgehead atoms. The second kappa shape index (κ2) is 5.88. The minimum atomic E-state index is -0.0367. The van der Waals surface area contributed by atoms with Gasteiger partial charge >= 0.3 is 0 Å². The lowest BCUT2D eigenvalue weighted by Crippen LogP contribution is -2.26. The third-order valence-corrected chi connectivity index (χ3v) is 3.80. The fourth-order valence-corrected chi connectivity index (χ4v) is 2.92. The molecule has 17 heavy (non-hydrogen) atoms. The van der Waals surface area contributed by atoms with Crippen molar-refractivity contribution >= 4 is 23.2 Å². The smallest absolute Gasteiger partial charge is 0.131 e. The highest BCUT2D eigenvalue weighted by atomic mass is 35.5. The normalized spacial score (nSPS) is 14.4. The van der Waals surface area contributed by atoms with E-state index in [0.717, 1.165) is 30.4 Å². The molecule has 0 aliphatic carbocycles. The van der Waals surface area contributed by atoms with E-state index in [4.69, 9.17) is 23.2 Å². The van der Waals surface area contributed by atoms with Gasteiger partial charge in [-0.05, 0) is 37.5 Å². The Kier molecular flexibility index (Phi) is 5.03. The van der Waals surface area contributed by atoms with Crippen LogP contribution in [0.2, 0.25) is 10.3 Å². The Morgan fingerprint density at radius 3 is 2.18 bits per heavy atom. The number of halogens is 2. The molecule has 1 rings (SSSR count). The van der Waals surface area contributed by atoms with Crippen molar-refractivity contribution in [1.29, 1.82) is 0 Å². The maximum atomic E-state index is 5.99. The summed E-state index contributed by atoms with van der Waals surface area (Å²) >= 11 is 12.0. The standard InChI is InChI=1S/C14H19Cl2N/c1-5-7-14(6-2,10(3)4)11-8-12(15)17-13(16)9-11/h8-9H,3,5-7H2,1-2,4H3. The van der Waals surface area contributed by atoms with Gasteiger partial charge in [0.15, 0.2) is 0 Å². The molecule has 1 aromatic heterocycles. The zero-order valence-electron chi connectivity index (χ0n) is 10.7. The molecule has 1 heterocycles. The first kappa shape index (κ1) is 14.5. The van der Waals surface area contributed by atoms with E-state index < -0.39 is 0 Å². The molecule has 0 amide bonds. The summed E-state index contributed by atoms with van der Waals surface area (Å²) in [5.74, 6) is 0. The summed E-state index contributed by atoms with van der Waals surface area (Å²) < 4.78 is 0. The second-order valence-corrected chi connectivity index (χ2v) is 5.24. The molecule has 0 saturated heterocycles. The minimum absolute atomic E-state index is 0.0367. The average Bonchev–Trinajstić information content (AvgIpc) is 2.24. The highest BCUT2D eigenvalue weighted by molar-refractivity contribution is 6.32. The summed E-state index contributed by atoms with van der Waals surface area (Å²) in [5, 5.41) is 0.894. The topological polar surface area (TPSA) is 12.9 Å². The Hall–Kier alpha value is -0.530. The van der Waals surface area contributed by atoms with Crippen LogP contribution in [0.5, 0.6) is 0 Å². The maximum Gasteiger partial charge on any atom is 0.131 e. The van der Waals surface area contributed by atoms with Crippen molar-refractivity contribution in [2.24, 2.45) is 0 Å². The Bertz CT molecular complexity index is 394. The SMILES string of the molecule is C=C(C)C(CC)(CCC)c1cc(Cl)nc(Cl)c1. The number of allylic oxidation sites excluding steroid dienone is 1. The first-order valence-corrected chi connectivity index (χ1v) is 6.71. The third kappa shape index (κ3) is 3.02. The van der Waals surface area contributed by atoms with Crippen LogP contribution in [0.3, 0.4) is 0 Å². The molecule has 0 aromatic carbocycles. The van der Waals surface area contributed by atoms with E-state index >= 15 is 0 Å². The molecule has 1 unspecified atom stereocenters. The van der Waals surface area contributed by atoms with Gasteiger partial charge in [-0.2, -0.15) is 0 Å². The maximum absolute atomic E-state index is 5.99. The zero-order valence-corrected chi connectivity index (χ0v) is 12.2. The first-order chi connectivity index (χ1) is 7.96. The second-order valence-electron chi connectivity index (χ2n) is 4.47. The fourth-order valence-electron chi connectivity index (χ4n) is 2.45. The van der Waals surface area contributed by atoms with Gasteiger partial charge in [-0.3, -0.25) is 0 Å². The fraction of sp³-hybridized carbons (Fsp3) is 0.500. The quantitative estimate of drug-likeness (QED) is 0.515. The number of pyridine rings is 1. The summed E-state index contributed by atoms with van der Waals surface area (Å²) in [6.45, 7) is 10.6. The molecule has 1 atom stereocenters. The van der Waals surface area contributed by atoms with Crippen LogP contribution in [0.1, 0.15) is 45.6 Å². The summed E-state index contributed by atoms with van der Waals surface area (Å²) in [6.07, 6.45) is 3.14. The van der Waals surface area contributed by atoms with Crippen molar-refractivity contribution in [2.45, 2.75) is 45.4 Å². The van der Waals surface area contributed by atoms with Crippen LogP contribution in [0.25, 0.3) is 0 Å². The Balaban J connectivity index is 3.34. The molecule has 0 N–H and O–H groups in total. The summed E-state index contributed by atoms with van der Waals surface area (Å²) in [7, 11) is 0. The Morgan fingerprint density at radius 1 is 1.29 bits per heavy atom. The molecular formula is C14H19Cl2N. The molecule has 1 aromatic rings. The zero-order chi connectivity index (χ0) is 13.1. The van der Waals surface area contributed by atoms with Crippen molar-refractivity contribution in [3.63, 3.8) is 0 Å². The van der Waals surface area contributed by atoms with Gasteiger partial charge in [0.25, 0.3) is 0 Å². The Morgan fingerprint density at radius 2 is 1.82 bits per heavy atom. The monoisotopic (exact) mass is 271 g/mol. The van der Waals surface area contributed by atoms with Gasteiger partial charge in [-0.25, -0.2) is 4.98 Å². The lowest BCUT2D eigenvalue weighted by atomic mass is 9.70. The number of aromatic nitrogens is 1. The largest absolute Gasteiger partial charge is 0.224 e. The Labute approximate surface area is 114 Å². The average molecular weight is 272 g/mol. The van der Waals surface area contributed by atoms with Gasteiger partial charge in [0, 0.05) is 5.41 Å². The molecule has 0 aliphatic rings. The van der Waals surface area contributed by atoms with E-state index in [9.17, 15) is 0 Å². The lowest BCUT2D eigenvalue weighted by Gasteiger charge is -2.34. The van der Waals surface area contributed by atoms with E-state index in [0.29, 0.717) is 10.3 Å². The van der Waals surface area contributed by atoms with Gasteiger partial charge in [0.05, 0.1) is 0 Å².